The van der Waals surface area contributed by atoms with Crippen molar-refractivity contribution in [3.8, 4) is 11.4 Å². The topological polar surface area (TPSA) is 69.3 Å². The molecular weight excluding hydrogens is 390 g/mol. The number of aromatic nitrogens is 2. The molecule has 0 saturated heterocycles. The Morgan fingerprint density at radius 1 is 1.10 bits per heavy atom. The van der Waals surface area contributed by atoms with Crippen LogP contribution in [0.1, 0.15) is 45.9 Å². The molecule has 31 heavy (non-hydrogen) atoms. The van der Waals surface area contributed by atoms with E-state index >= 15 is 0 Å². The summed E-state index contributed by atoms with van der Waals surface area (Å²) in [5.74, 6) is 1.01. The molecule has 0 aliphatic rings. The standard InChI is InChI=1S/C25H25N3O3/c1-17-8-6-11-22(14-17)30-16-23-19(3)31-27-24(23)25(29)26-18(2)20-9-7-10-21(15-20)28-12-4-5-13-28/h4-15,18H,16H2,1-3H3,(H,26,29). The average Bonchev–Trinajstić information content (AvgIpc) is 3.42. The van der Waals surface area contributed by atoms with Crippen LogP contribution in [0.3, 0.4) is 0 Å². The molecule has 1 atom stereocenters. The molecule has 0 aliphatic heterocycles. The third-order valence-electron chi connectivity index (χ3n) is 5.19. The van der Waals surface area contributed by atoms with Crippen molar-refractivity contribution in [3.63, 3.8) is 0 Å². The summed E-state index contributed by atoms with van der Waals surface area (Å²) in [6, 6.07) is 19.6. The summed E-state index contributed by atoms with van der Waals surface area (Å²) in [6.07, 6.45) is 3.97. The third kappa shape index (κ3) is 4.69. The predicted octanol–water partition coefficient (Wildman–Crippen LogP) is 5.15. The first-order valence-corrected chi connectivity index (χ1v) is 10.2. The number of nitrogens with zero attached hydrogens (tertiary/aromatic N) is 2. The third-order valence-corrected chi connectivity index (χ3v) is 5.19. The highest BCUT2D eigenvalue weighted by Gasteiger charge is 2.22. The molecular formula is C25H25N3O3. The summed E-state index contributed by atoms with van der Waals surface area (Å²) in [6.45, 7) is 5.94. The second kappa shape index (κ2) is 8.92. The number of ether oxygens (including phenoxy) is 1. The van der Waals surface area contributed by atoms with E-state index in [-0.39, 0.29) is 24.2 Å². The number of rotatable bonds is 7. The van der Waals surface area contributed by atoms with Crippen LogP contribution in [-0.2, 0) is 6.61 Å². The number of carbonyl (C=O) groups is 1. The fourth-order valence-corrected chi connectivity index (χ4v) is 3.41. The number of hydrogen-bond donors (Lipinski definition) is 1. The van der Waals surface area contributed by atoms with E-state index in [1.54, 1.807) is 6.92 Å². The molecule has 6 nitrogen and oxygen atoms in total. The Bertz CT molecular complexity index is 1180. The maximum absolute atomic E-state index is 12.9. The van der Waals surface area contributed by atoms with Gasteiger partial charge in [0.15, 0.2) is 5.69 Å². The molecule has 2 heterocycles. The monoisotopic (exact) mass is 415 g/mol. The van der Waals surface area contributed by atoms with Crippen LogP contribution in [0.15, 0.2) is 77.6 Å². The summed E-state index contributed by atoms with van der Waals surface area (Å²) in [4.78, 5) is 12.9. The number of amides is 1. The van der Waals surface area contributed by atoms with Gasteiger partial charge in [0, 0.05) is 18.1 Å². The zero-order chi connectivity index (χ0) is 21.8. The molecule has 6 heteroatoms. The van der Waals surface area contributed by atoms with Crippen molar-refractivity contribution in [1.29, 1.82) is 0 Å². The zero-order valence-corrected chi connectivity index (χ0v) is 17.8. The summed E-state index contributed by atoms with van der Waals surface area (Å²) in [5, 5.41) is 7.00. The van der Waals surface area contributed by atoms with E-state index in [0.717, 1.165) is 22.6 Å². The predicted molar refractivity (Wildman–Crippen MR) is 118 cm³/mol. The number of nitrogens with one attached hydrogen (secondary N) is 1. The molecule has 1 unspecified atom stereocenters. The van der Waals surface area contributed by atoms with E-state index in [2.05, 4.69) is 16.5 Å². The Balaban J connectivity index is 1.47. The Labute approximate surface area is 181 Å². The van der Waals surface area contributed by atoms with Crippen molar-refractivity contribution in [2.24, 2.45) is 0 Å². The number of benzene rings is 2. The molecule has 1 amide bonds. The lowest BCUT2D eigenvalue weighted by atomic mass is 10.1. The van der Waals surface area contributed by atoms with Crippen LogP contribution in [0.25, 0.3) is 5.69 Å². The largest absolute Gasteiger partial charge is 0.489 e. The molecule has 0 aliphatic carbocycles. The van der Waals surface area contributed by atoms with Crippen LogP contribution in [0.5, 0.6) is 5.75 Å². The Kier molecular flexibility index (Phi) is 5.89. The number of aryl methyl sites for hydroxylation is 2. The van der Waals surface area contributed by atoms with Gasteiger partial charge < -0.3 is 19.1 Å². The molecule has 2 aromatic carbocycles. The minimum Gasteiger partial charge on any atom is -0.489 e. The van der Waals surface area contributed by atoms with Gasteiger partial charge in [-0.1, -0.05) is 29.4 Å². The maximum atomic E-state index is 12.9. The van der Waals surface area contributed by atoms with Gasteiger partial charge in [0.1, 0.15) is 18.1 Å². The van der Waals surface area contributed by atoms with E-state index in [0.29, 0.717) is 11.3 Å². The van der Waals surface area contributed by atoms with Gasteiger partial charge in [-0.25, -0.2) is 0 Å². The van der Waals surface area contributed by atoms with Crippen LogP contribution in [-0.4, -0.2) is 15.6 Å². The van der Waals surface area contributed by atoms with E-state index < -0.39 is 0 Å². The van der Waals surface area contributed by atoms with Crippen molar-refractivity contribution >= 4 is 5.91 Å². The SMILES string of the molecule is Cc1cccc(OCc2c(C(=O)NC(C)c3cccc(-n4cccc4)c3)noc2C)c1. The minimum absolute atomic E-state index is 0.203. The highest BCUT2D eigenvalue weighted by Crippen LogP contribution is 2.21. The van der Waals surface area contributed by atoms with Gasteiger partial charge in [-0.3, -0.25) is 4.79 Å². The molecule has 0 radical (unpaired) electrons. The first-order valence-electron chi connectivity index (χ1n) is 10.2. The molecule has 4 rings (SSSR count). The van der Waals surface area contributed by atoms with E-state index in [1.165, 1.54) is 0 Å². The molecule has 0 fully saturated rings. The molecule has 4 aromatic rings. The maximum Gasteiger partial charge on any atom is 0.274 e. The Morgan fingerprint density at radius 2 is 1.87 bits per heavy atom. The van der Waals surface area contributed by atoms with Gasteiger partial charge in [-0.05, 0) is 68.3 Å². The van der Waals surface area contributed by atoms with Crippen molar-refractivity contribution < 1.29 is 14.1 Å². The fraction of sp³-hybridized carbons (Fsp3) is 0.200. The van der Waals surface area contributed by atoms with Crippen LogP contribution < -0.4 is 10.1 Å². The highest BCUT2D eigenvalue weighted by molar-refractivity contribution is 5.94. The molecule has 1 N–H and O–H groups in total. The van der Waals surface area contributed by atoms with E-state index in [1.807, 2.05) is 85.4 Å². The van der Waals surface area contributed by atoms with Gasteiger partial charge in [0.2, 0.25) is 0 Å². The lowest BCUT2D eigenvalue weighted by molar-refractivity contribution is 0.0928. The normalized spacial score (nSPS) is 11.8. The van der Waals surface area contributed by atoms with Gasteiger partial charge in [0.25, 0.3) is 5.91 Å². The molecule has 158 valence electrons. The quantitative estimate of drug-likeness (QED) is 0.453. The smallest absolute Gasteiger partial charge is 0.274 e. The van der Waals surface area contributed by atoms with Crippen LogP contribution in [0, 0.1) is 13.8 Å². The van der Waals surface area contributed by atoms with Gasteiger partial charge >= 0.3 is 0 Å². The van der Waals surface area contributed by atoms with Crippen LogP contribution in [0.2, 0.25) is 0 Å². The minimum atomic E-state index is -0.293. The van der Waals surface area contributed by atoms with Crippen molar-refractivity contribution in [1.82, 2.24) is 15.0 Å². The van der Waals surface area contributed by atoms with Crippen LogP contribution in [0.4, 0.5) is 0 Å². The first-order chi connectivity index (χ1) is 15.0. The average molecular weight is 415 g/mol. The summed E-state index contributed by atoms with van der Waals surface area (Å²) < 4.78 is 13.2. The number of carbonyl (C=O) groups excluding carboxylic acids is 1. The second-order valence-electron chi connectivity index (χ2n) is 7.55. The highest BCUT2D eigenvalue weighted by atomic mass is 16.5. The van der Waals surface area contributed by atoms with Crippen molar-refractivity contribution in [2.75, 3.05) is 0 Å². The summed E-state index contributed by atoms with van der Waals surface area (Å²) >= 11 is 0. The number of hydrogen-bond acceptors (Lipinski definition) is 4. The Morgan fingerprint density at radius 3 is 2.65 bits per heavy atom. The molecule has 0 spiro atoms. The van der Waals surface area contributed by atoms with Crippen LogP contribution >= 0.6 is 0 Å². The zero-order valence-electron chi connectivity index (χ0n) is 17.8. The van der Waals surface area contributed by atoms with E-state index in [9.17, 15) is 4.79 Å². The van der Waals surface area contributed by atoms with Gasteiger partial charge in [0.05, 0.1) is 11.6 Å². The van der Waals surface area contributed by atoms with Gasteiger partial charge in [-0.2, -0.15) is 0 Å². The second-order valence-corrected chi connectivity index (χ2v) is 7.55. The summed E-state index contributed by atoms with van der Waals surface area (Å²) in [7, 11) is 0. The van der Waals surface area contributed by atoms with Gasteiger partial charge in [-0.15, -0.1) is 0 Å². The molecule has 0 saturated carbocycles. The lowest BCUT2D eigenvalue weighted by Gasteiger charge is -2.15. The Hall–Kier alpha value is -3.80. The van der Waals surface area contributed by atoms with Crippen molar-refractivity contribution in [2.45, 2.75) is 33.4 Å². The van der Waals surface area contributed by atoms with Crippen molar-refractivity contribution in [3.05, 3.63) is 101 Å². The molecule has 2 aromatic heterocycles. The molecule has 0 bridgehead atoms. The summed E-state index contributed by atoms with van der Waals surface area (Å²) in [5.41, 5.74) is 4.03. The lowest BCUT2D eigenvalue weighted by Crippen LogP contribution is -2.28. The first kappa shape index (κ1) is 20.5. The fourth-order valence-electron chi connectivity index (χ4n) is 3.41. The van der Waals surface area contributed by atoms with E-state index in [4.69, 9.17) is 9.26 Å².